The molecule has 1 heterocycles. The number of nitrogens with zero attached hydrogens (tertiary/aromatic N) is 3. The van der Waals surface area contributed by atoms with Crippen molar-refractivity contribution >= 4 is 0 Å². The summed E-state index contributed by atoms with van der Waals surface area (Å²) in [7, 11) is 0. The predicted octanol–water partition coefficient (Wildman–Crippen LogP) is 2.72. The van der Waals surface area contributed by atoms with Crippen LogP contribution in [0, 0.1) is 13.8 Å². The molecule has 2 N–H and O–H groups in total. The molecule has 0 radical (unpaired) electrons. The molecule has 1 atom stereocenters. The highest BCUT2D eigenvalue weighted by Crippen LogP contribution is 2.20. The van der Waals surface area contributed by atoms with Gasteiger partial charge in [0.05, 0.1) is 0 Å². The molecule has 4 nitrogen and oxygen atoms in total. The van der Waals surface area contributed by atoms with Crippen molar-refractivity contribution in [2.75, 3.05) is 0 Å². The number of rotatable bonds is 4. The fourth-order valence-electron chi connectivity index (χ4n) is 2.40. The summed E-state index contributed by atoms with van der Waals surface area (Å²) in [5, 5.41) is 4.25. The Kier molecular flexibility index (Phi) is 4.00. The smallest absolute Gasteiger partial charge is 0.138 e. The van der Waals surface area contributed by atoms with Gasteiger partial charge < -0.3 is 5.73 Å². The van der Waals surface area contributed by atoms with Gasteiger partial charge in [-0.1, -0.05) is 23.8 Å². The summed E-state index contributed by atoms with van der Waals surface area (Å²) < 4.78 is 1.93. The Balaban J connectivity index is 2.21. The lowest BCUT2D eigenvalue weighted by atomic mass is 9.97. The van der Waals surface area contributed by atoms with Gasteiger partial charge in [-0.2, -0.15) is 5.10 Å². The maximum absolute atomic E-state index is 6.33. The Morgan fingerprint density at radius 2 is 2.00 bits per heavy atom. The SMILES string of the molecule is Cc1ccc(C(N)Cc2ncnn2C(C)C)c(C)c1. The Bertz CT molecular complexity index is 557. The third kappa shape index (κ3) is 3.01. The maximum atomic E-state index is 6.33. The van der Waals surface area contributed by atoms with Crippen LogP contribution in [0.2, 0.25) is 0 Å². The predicted molar refractivity (Wildman–Crippen MR) is 77.0 cm³/mol. The van der Waals surface area contributed by atoms with Gasteiger partial charge in [-0.3, -0.25) is 0 Å². The van der Waals surface area contributed by atoms with Gasteiger partial charge in [0.1, 0.15) is 12.2 Å². The van der Waals surface area contributed by atoms with Crippen LogP contribution in [0.15, 0.2) is 24.5 Å². The van der Waals surface area contributed by atoms with Crippen LogP contribution in [0.3, 0.4) is 0 Å². The Morgan fingerprint density at radius 3 is 2.63 bits per heavy atom. The second-order valence-corrected chi connectivity index (χ2v) is 5.39. The van der Waals surface area contributed by atoms with Crippen LogP contribution in [0.25, 0.3) is 0 Å². The maximum Gasteiger partial charge on any atom is 0.138 e. The van der Waals surface area contributed by atoms with Crippen molar-refractivity contribution in [3.8, 4) is 0 Å². The highest BCUT2D eigenvalue weighted by molar-refractivity contribution is 5.33. The number of aryl methyl sites for hydroxylation is 2. The highest BCUT2D eigenvalue weighted by atomic mass is 15.3. The summed E-state index contributed by atoms with van der Waals surface area (Å²) in [6.07, 6.45) is 2.31. The van der Waals surface area contributed by atoms with E-state index in [-0.39, 0.29) is 6.04 Å². The molecular formula is C15H22N4. The largest absolute Gasteiger partial charge is 0.324 e. The van der Waals surface area contributed by atoms with Gasteiger partial charge in [0.15, 0.2) is 0 Å². The van der Waals surface area contributed by atoms with Crippen LogP contribution < -0.4 is 5.73 Å². The third-order valence-corrected chi connectivity index (χ3v) is 3.36. The highest BCUT2D eigenvalue weighted by Gasteiger charge is 2.15. The lowest BCUT2D eigenvalue weighted by Gasteiger charge is -2.16. The summed E-state index contributed by atoms with van der Waals surface area (Å²) in [4.78, 5) is 4.32. The van der Waals surface area contributed by atoms with E-state index < -0.39 is 0 Å². The Labute approximate surface area is 114 Å². The molecule has 19 heavy (non-hydrogen) atoms. The standard InChI is InChI=1S/C15H22N4/c1-10(2)19-15(17-9-18-19)8-14(16)13-6-5-11(3)7-12(13)4/h5-7,9-10,14H,8,16H2,1-4H3. The number of nitrogens with two attached hydrogens (primary N) is 1. The first-order valence-corrected chi connectivity index (χ1v) is 6.70. The molecular weight excluding hydrogens is 236 g/mol. The molecule has 1 unspecified atom stereocenters. The van der Waals surface area contributed by atoms with Crippen molar-refractivity contribution < 1.29 is 0 Å². The minimum absolute atomic E-state index is 0.0395. The van der Waals surface area contributed by atoms with Gasteiger partial charge in [-0.05, 0) is 38.8 Å². The van der Waals surface area contributed by atoms with E-state index in [0.29, 0.717) is 12.5 Å². The molecule has 0 bridgehead atoms. The average Bonchev–Trinajstić information content (AvgIpc) is 2.76. The van der Waals surface area contributed by atoms with Crippen LogP contribution in [-0.2, 0) is 6.42 Å². The first-order chi connectivity index (χ1) is 8.99. The van der Waals surface area contributed by atoms with Gasteiger partial charge in [0.2, 0.25) is 0 Å². The quantitative estimate of drug-likeness (QED) is 0.917. The van der Waals surface area contributed by atoms with Crippen molar-refractivity contribution in [3.63, 3.8) is 0 Å². The number of aromatic nitrogens is 3. The molecule has 0 amide bonds. The van der Waals surface area contributed by atoms with E-state index >= 15 is 0 Å². The van der Waals surface area contributed by atoms with Crippen molar-refractivity contribution in [2.45, 2.75) is 46.2 Å². The zero-order valence-electron chi connectivity index (χ0n) is 12.1. The molecule has 0 aliphatic carbocycles. The summed E-state index contributed by atoms with van der Waals surface area (Å²) in [6, 6.07) is 6.66. The fraction of sp³-hybridized carbons (Fsp3) is 0.467. The van der Waals surface area contributed by atoms with Crippen LogP contribution in [0.4, 0.5) is 0 Å². The van der Waals surface area contributed by atoms with Gasteiger partial charge >= 0.3 is 0 Å². The van der Waals surface area contributed by atoms with Gasteiger partial charge in [0, 0.05) is 18.5 Å². The Hall–Kier alpha value is -1.68. The molecule has 4 heteroatoms. The summed E-state index contributed by atoms with van der Waals surface area (Å²) in [6.45, 7) is 8.40. The fourth-order valence-corrected chi connectivity index (χ4v) is 2.40. The molecule has 2 rings (SSSR count). The molecule has 0 saturated carbocycles. The normalized spacial score (nSPS) is 12.9. The van der Waals surface area contributed by atoms with Crippen molar-refractivity contribution in [1.82, 2.24) is 14.8 Å². The van der Waals surface area contributed by atoms with E-state index in [1.165, 1.54) is 16.7 Å². The monoisotopic (exact) mass is 258 g/mol. The molecule has 1 aromatic carbocycles. The number of hydrogen-bond donors (Lipinski definition) is 1. The molecule has 0 aliphatic heterocycles. The zero-order valence-corrected chi connectivity index (χ0v) is 12.1. The lowest BCUT2D eigenvalue weighted by Crippen LogP contribution is -2.18. The minimum atomic E-state index is -0.0395. The zero-order chi connectivity index (χ0) is 14.0. The molecule has 0 aliphatic rings. The van der Waals surface area contributed by atoms with E-state index in [1.807, 2.05) is 4.68 Å². The second kappa shape index (κ2) is 5.53. The first-order valence-electron chi connectivity index (χ1n) is 6.70. The van der Waals surface area contributed by atoms with Crippen LogP contribution >= 0.6 is 0 Å². The number of hydrogen-bond acceptors (Lipinski definition) is 3. The summed E-state index contributed by atoms with van der Waals surface area (Å²) in [5.74, 6) is 0.947. The van der Waals surface area contributed by atoms with Crippen molar-refractivity contribution in [3.05, 3.63) is 47.0 Å². The van der Waals surface area contributed by atoms with Crippen molar-refractivity contribution in [2.24, 2.45) is 5.73 Å². The molecule has 0 saturated heterocycles. The molecule has 0 spiro atoms. The third-order valence-electron chi connectivity index (χ3n) is 3.36. The molecule has 102 valence electrons. The van der Waals surface area contributed by atoms with Crippen LogP contribution in [-0.4, -0.2) is 14.8 Å². The lowest BCUT2D eigenvalue weighted by molar-refractivity contribution is 0.493. The topological polar surface area (TPSA) is 56.7 Å². The van der Waals surface area contributed by atoms with Crippen LogP contribution in [0.5, 0.6) is 0 Å². The van der Waals surface area contributed by atoms with Gasteiger partial charge in [-0.25, -0.2) is 9.67 Å². The number of benzene rings is 1. The van der Waals surface area contributed by atoms with E-state index in [0.717, 1.165) is 5.82 Å². The van der Waals surface area contributed by atoms with E-state index in [1.54, 1.807) is 6.33 Å². The van der Waals surface area contributed by atoms with E-state index in [2.05, 4.69) is 56.0 Å². The van der Waals surface area contributed by atoms with E-state index in [9.17, 15) is 0 Å². The van der Waals surface area contributed by atoms with Gasteiger partial charge in [-0.15, -0.1) is 0 Å². The van der Waals surface area contributed by atoms with Crippen molar-refractivity contribution in [1.29, 1.82) is 0 Å². The minimum Gasteiger partial charge on any atom is -0.324 e. The van der Waals surface area contributed by atoms with E-state index in [4.69, 9.17) is 5.73 Å². The molecule has 2 aromatic rings. The average molecular weight is 258 g/mol. The first kappa shape index (κ1) is 13.7. The summed E-state index contributed by atoms with van der Waals surface area (Å²) in [5.41, 5.74) is 10.0. The second-order valence-electron chi connectivity index (χ2n) is 5.39. The molecule has 1 aromatic heterocycles. The van der Waals surface area contributed by atoms with Gasteiger partial charge in [0.25, 0.3) is 0 Å². The Morgan fingerprint density at radius 1 is 1.26 bits per heavy atom. The summed E-state index contributed by atoms with van der Waals surface area (Å²) >= 11 is 0. The van der Waals surface area contributed by atoms with Crippen LogP contribution in [0.1, 0.15) is 48.4 Å². The molecule has 0 fully saturated rings.